The molecule has 0 bridgehead atoms. The number of likely N-dealkylation sites (tertiary alicyclic amines) is 1. The van der Waals surface area contributed by atoms with Crippen molar-refractivity contribution in [2.24, 2.45) is 5.92 Å². The summed E-state index contributed by atoms with van der Waals surface area (Å²) in [6, 6.07) is 4.64. The molecule has 1 aromatic rings. The van der Waals surface area contributed by atoms with E-state index in [1.54, 1.807) is 13.2 Å². The van der Waals surface area contributed by atoms with Gasteiger partial charge >= 0.3 is 0 Å². The van der Waals surface area contributed by atoms with Crippen molar-refractivity contribution in [3.8, 4) is 5.75 Å². The maximum absolute atomic E-state index is 13.1. The van der Waals surface area contributed by atoms with Crippen LogP contribution in [-0.2, 0) is 6.54 Å². The summed E-state index contributed by atoms with van der Waals surface area (Å²) < 4.78 is 18.4. The Bertz CT molecular complexity index is 442. The highest BCUT2D eigenvalue weighted by atomic mass is 19.1. The maximum Gasteiger partial charge on any atom is 0.126 e. The summed E-state index contributed by atoms with van der Waals surface area (Å²) in [6.07, 6.45) is 0.993. The Morgan fingerprint density at radius 3 is 2.79 bits per heavy atom. The molecule has 1 heterocycles. The second kappa shape index (κ2) is 5.47. The van der Waals surface area contributed by atoms with Gasteiger partial charge in [-0.3, -0.25) is 4.90 Å². The van der Waals surface area contributed by atoms with Crippen LogP contribution in [0.3, 0.4) is 0 Å². The number of nitrogens with zero attached hydrogens (tertiary/aromatic N) is 1. The minimum Gasteiger partial charge on any atom is -0.496 e. The molecule has 1 N–H and O–H groups in total. The highest BCUT2D eigenvalue weighted by Crippen LogP contribution is 2.29. The average Bonchev–Trinajstić information content (AvgIpc) is 2.79. The normalized spacial score (nSPS) is 20.8. The standard InChI is InChI=1S/C15H22FNO2/c1-15(2,18)12-6-7-17(10-12)9-11-4-5-13(16)8-14(11)19-3/h4-5,8,12,18H,6-7,9-10H2,1-3H3/t12-/m0/s1. The van der Waals surface area contributed by atoms with Crippen molar-refractivity contribution < 1.29 is 14.2 Å². The molecule has 1 aliphatic rings. The molecule has 0 saturated carbocycles. The van der Waals surface area contributed by atoms with Gasteiger partial charge in [-0.05, 0) is 32.9 Å². The molecule has 4 heteroatoms. The van der Waals surface area contributed by atoms with E-state index in [1.165, 1.54) is 12.1 Å². The zero-order valence-corrected chi connectivity index (χ0v) is 11.8. The first-order valence-electron chi connectivity index (χ1n) is 6.67. The van der Waals surface area contributed by atoms with Gasteiger partial charge in [0.1, 0.15) is 11.6 Å². The first kappa shape index (κ1) is 14.3. The highest BCUT2D eigenvalue weighted by Gasteiger charge is 2.33. The Kier molecular flexibility index (Phi) is 4.11. The Balaban J connectivity index is 2.03. The lowest BCUT2D eigenvalue weighted by molar-refractivity contribution is 0.0207. The molecule has 0 unspecified atom stereocenters. The van der Waals surface area contributed by atoms with Crippen LogP contribution in [0.5, 0.6) is 5.75 Å². The quantitative estimate of drug-likeness (QED) is 0.909. The Morgan fingerprint density at radius 2 is 2.21 bits per heavy atom. The van der Waals surface area contributed by atoms with Crippen molar-refractivity contribution in [1.29, 1.82) is 0 Å². The van der Waals surface area contributed by atoms with Gasteiger partial charge in [-0.2, -0.15) is 0 Å². The molecule has 106 valence electrons. The van der Waals surface area contributed by atoms with Crippen LogP contribution in [0.25, 0.3) is 0 Å². The summed E-state index contributed by atoms with van der Waals surface area (Å²) in [4.78, 5) is 2.28. The van der Waals surface area contributed by atoms with E-state index in [0.29, 0.717) is 11.7 Å². The maximum atomic E-state index is 13.1. The van der Waals surface area contributed by atoms with Crippen molar-refractivity contribution in [3.05, 3.63) is 29.6 Å². The Morgan fingerprint density at radius 1 is 1.47 bits per heavy atom. The number of hydrogen-bond acceptors (Lipinski definition) is 3. The molecule has 1 atom stereocenters. The van der Waals surface area contributed by atoms with Gasteiger partial charge in [0.05, 0.1) is 12.7 Å². The molecule has 0 radical (unpaired) electrons. The number of benzene rings is 1. The largest absolute Gasteiger partial charge is 0.496 e. The van der Waals surface area contributed by atoms with E-state index >= 15 is 0 Å². The first-order chi connectivity index (χ1) is 8.90. The average molecular weight is 267 g/mol. The Labute approximate surface area is 114 Å². The van der Waals surface area contributed by atoms with Crippen LogP contribution in [0.15, 0.2) is 18.2 Å². The van der Waals surface area contributed by atoms with Crippen molar-refractivity contribution in [2.45, 2.75) is 32.4 Å². The minimum atomic E-state index is -0.637. The molecule has 0 amide bonds. The third-order valence-corrected chi connectivity index (χ3v) is 3.91. The van der Waals surface area contributed by atoms with Crippen LogP contribution in [0, 0.1) is 11.7 Å². The van der Waals surface area contributed by atoms with E-state index in [-0.39, 0.29) is 5.82 Å². The van der Waals surface area contributed by atoms with E-state index in [9.17, 15) is 9.50 Å². The molecular formula is C15H22FNO2. The van der Waals surface area contributed by atoms with E-state index in [4.69, 9.17) is 4.74 Å². The second-order valence-corrected chi connectivity index (χ2v) is 5.83. The monoisotopic (exact) mass is 267 g/mol. The molecule has 0 spiro atoms. The molecule has 1 aromatic carbocycles. The summed E-state index contributed by atoms with van der Waals surface area (Å²) in [5.74, 6) is 0.599. The van der Waals surface area contributed by atoms with Crippen molar-refractivity contribution in [2.75, 3.05) is 20.2 Å². The smallest absolute Gasteiger partial charge is 0.126 e. The van der Waals surface area contributed by atoms with Gasteiger partial charge in [0.15, 0.2) is 0 Å². The van der Waals surface area contributed by atoms with Gasteiger partial charge in [0.25, 0.3) is 0 Å². The van der Waals surface area contributed by atoms with Gasteiger partial charge in [0, 0.05) is 30.6 Å². The van der Waals surface area contributed by atoms with Gasteiger partial charge in [-0.15, -0.1) is 0 Å². The first-order valence-corrected chi connectivity index (χ1v) is 6.67. The number of ether oxygens (including phenoxy) is 1. The second-order valence-electron chi connectivity index (χ2n) is 5.83. The fourth-order valence-electron chi connectivity index (χ4n) is 2.64. The summed E-state index contributed by atoms with van der Waals surface area (Å²) in [5.41, 5.74) is 0.349. The van der Waals surface area contributed by atoms with Crippen LogP contribution in [0.2, 0.25) is 0 Å². The summed E-state index contributed by atoms with van der Waals surface area (Å²) >= 11 is 0. The highest BCUT2D eigenvalue weighted by molar-refractivity contribution is 5.34. The van der Waals surface area contributed by atoms with Crippen molar-refractivity contribution in [3.63, 3.8) is 0 Å². The van der Waals surface area contributed by atoms with E-state index in [1.807, 2.05) is 13.8 Å². The van der Waals surface area contributed by atoms with Crippen LogP contribution >= 0.6 is 0 Å². The molecule has 3 nitrogen and oxygen atoms in total. The number of rotatable bonds is 4. The van der Waals surface area contributed by atoms with Crippen LogP contribution in [0.1, 0.15) is 25.8 Å². The van der Waals surface area contributed by atoms with Crippen molar-refractivity contribution in [1.82, 2.24) is 4.90 Å². The number of halogens is 1. The number of methoxy groups -OCH3 is 1. The fraction of sp³-hybridized carbons (Fsp3) is 0.600. The summed E-state index contributed by atoms with van der Waals surface area (Å²) in [7, 11) is 1.56. The third kappa shape index (κ3) is 3.45. The van der Waals surface area contributed by atoms with Crippen molar-refractivity contribution >= 4 is 0 Å². The van der Waals surface area contributed by atoms with Crippen LogP contribution in [-0.4, -0.2) is 35.8 Å². The lowest BCUT2D eigenvalue weighted by Crippen LogP contribution is -2.33. The van der Waals surface area contributed by atoms with E-state index < -0.39 is 5.60 Å². The topological polar surface area (TPSA) is 32.7 Å². The van der Waals surface area contributed by atoms with Gasteiger partial charge in [-0.1, -0.05) is 6.07 Å². The summed E-state index contributed by atoms with van der Waals surface area (Å²) in [5, 5.41) is 10.0. The van der Waals surface area contributed by atoms with E-state index in [2.05, 4.69) is 4.90 Å². The lowest BCUT2D eigenvalue weighted by atomic mass is 9.90. The van der Waals surface area contributed by atoms with Gasteiger partial charge in [0.2, 0.25) is 0 Å². The predicted octanol–water partition coefficient (Wildman–Crippen LogP) is 2.43. The summed E-state index contributed by atoms with van der Waals surface area (Å²) in [6.45, 7) is 6.27. The Hall–Kier alpha value is -1.13. The SMILES string of the molecule is COc1cc(F)ccc1CN1CC[C@H](C(C)(C)O)C1. The molecule has 0 aliphatic carbocycles. The lowest BCUT2D eigenvalue weighted by Gasteiger charge is -2.25. The van der Waals surface area contributed by atoms with Gasteiger partial charge < -0.3 is 9.84 Å². The van der Waals surface area contributed by atoms with Gasteiger partial charge in [-0.25, -0.2) is 4.39 Å². The number of aliphatic hydroxyl groups is 1. The van der Waals surface area contributed by atoms with Crippen LogP contribution < -0.4 is 4.74 Å². The predicted molar refractivity (Wildman–Crippen MR) is 72.6 cm³/mol. The zero-order chi connectivity index (χ0) is 14.0. The van der Waals surface area contributed by atoms with Crippen LogP contribution in [0.4, 0.5) is 4.39 Å². The van der Waals surface area contributed by atoms with E-state index in [0.717, 1.165) is 31.6 Å². The molecule has 0 aromatic heterocycles. The number of hydrogen-bond donors (Lipinski definition) is 1. The molecule has 1 aliphatic heterocycles. The third-order valence-electron chi connectivity index (χ3n) is 3.91. The molecular weight excluding hydrogens is 245 g/mol. The fourth-order valence-corrected chi connectivity index (χ4v) is 2.64. The molecule has 19 heavy (non-hydrogen) atoms. The molecule has 2 rings (SSSR count). The zero-order valence-electron chi connectivity index (χ0n) is 11.8. The minimum absolute atomic E-state index is 0.281. The molecule has 1 saturated heterocycles. The molecule has 1 fully saturated rings.